The van der Waals surface area contributed by atoms with Crippen molar-refractivity contribution in [2.45, 2.75) is 50.1 Å². The molecule has 0 aliphatic carbocycles. The normalized spacial score (nSPS) is 17.7. The van der Waals surface area contributed by atoms with Crippen LogP contribution in [0.25, 0.3) is 0 Å². The number of hydrogen-bond acceptors (Lipinski definition) is 4. The monoisotopic (exact) mass is 416 g/mol. The van der Waals surface area contributed by atoms with Crippen molar-refractivity contribution >= 4 is 15.9 Å². The molecule has 156 valence electrons. The maximum atomic E-state index is 13.1. The van der Waals surface area contributed by atoms with Gasteiger partial charge in [-0.05, 0) is 49.6 Å². The first-order valence-electron chi connectivity index (χ1n) is 9.88. The Morgan fingerprint density at radius 2 is 1.93 bits per heavy atom. The molecule has 1 atom stereocenters. The third-order valence-electron chi connectivity index (χ3n) is 5.25. The van der Waals surface area contributed by atoms with Crippen LogP contribution in [0.2, 0.25) is 0 Å². The molecule has 1 aliphatic rings. The maximum Gasteiger partial charge on any atom is 0.243 e. The standard InChI is InChI=1S/C22H28N2O4S/c1-17-9-11-21(12-10-17)29(26,27)24-13-4-3-7-19(24)15-22(25)23-16-18-6-5-8-20(14-18)28-2/h5-6,8-12,14,19H,3-4,7,13,15-16H2,1-2H3,(H,23,25)/t19-/m0/s1. The molecule has 1 fully saturated rings. The molecule has 1 saturated heterocycles. The van der Waals surface area contributed by atoms with Crippen molar-refractivity contribution in [3.05, 3.63) is 59.7 Å². The number of piperidine rings is 1. The quantitative estimate of drug-likeness (QED) is 0.752. The van der Waals surface area contributed by atoms with Crippen LogP contribution < -0.4 is 10.1 Å². The summed E-state index contributed by atoms with van der Waals surface area (Å²) < 4.78 is 32.9. The molecule has 0 radical (unpaired) electrons. The first kappa shape index (κ1) is 21.3. The minimum atomic E-state index is -3.61. The molecule has 0 unspecified atom stereocenters. The molecule has 0 bridgehead atoms. The SMILES string of the molecule is COc1cccc(CNC(=O)C[C@@H]2CCCCN2S(=O)(=O)c2ccc(C)cc2)c1. The number of carbonyl (C=O) groups excluding carboxylic acids is 1. The minimum absolute atomic E-state index is 0.149. The van der Waals surface area contributed by atoms with Crippen LogP contribution in [-0.4, -0.2) is 38.3 Å². The van der Waals surface area contributed by atoms with Gasteiger partial charge in [0.15, 0.2) is 0 Å². The number of carbonyl (C=O) groups is 1. The van der Waals surface area contributed by atoms with Crippen molar-refractivity contribution in [3.63, 3.8) is 0 Å². The largest absolute Gasteiger partial charge is 0.497 e. The number of sulfonamides is 1. The van der Waals surface area contributed by atoms with E-state index in [1.165, 1.54) is 4.31 Å². The van der Waals surface area contributed by atoms with Gasteiger partial charge in [-0.25, -0.2) is 8.42 Å². The zero-order chi connectivity index (χ0) is 20.9. The minimum Gasteiger partial charge on any atom is -0.497 e. The van der Waals surface area contributed by atoms with Crippen molar-refractivity contribution in [1.29, 1.82) is 0 Å². The molecule has 3 rings (SSSR count). The van der Waals surface area contributed by atoms with Gasteiger partial charge in [0.1, 0.15) is 5.75 Å². The van der Waals surface area contributed by atoms with Crippen molar-refractivity contribution in [2.75, 3.05) is 13.7 Å². The molecule has 0 saturated carbocycles. The van der Waals surface area contributed by atoms with Crippen molar-refractivity contribution in [3.8, 4) is 5.75 Å². The summed E-state index contributed by atoms with van der Waals surface area (Å²) in [4.78, 5) is 12.8. The van der Waals surface area contributed by atoms with E-state index >= 15 is 0 Å². The zero-order valence-corrected chi connectivity index (χ0v) is 17.7. The van der Waals surface area contributed by atoms with Crippen LogP contribution in [0.1, 0.15) is 36.8 Å². The highest BCUT2D eigenvalue weighted by Crippen LogP contribution is 2.27. The van der Waals surface area contributed by atoms with Crippen molar-refractivity contribution < 1.29 is 17.9 Å². The van der Waals surface area contributed by atoms with Crippen LogP contribution in [0.3, 0.4) is 0 Å². The fourth-order valence-corrected chi connectivity index (χ4v) is 5.30. The Balaban J connectivity index is 1.66. The van der Waals surface area contributed by atoms with E-state index in [1.54, 1.807) is 31.4 Å². The number of methoxy groups -OCH3 is 1. The van der Waals surface area contributed by atoms with E-state index < -0.39 is 10.0 Å². The van der Waals surface area contributed by atoms with Gasteiger partial charge in [0, 0.05) is 25.6 Å². The Bertz CT molecular complexity index is 942. The summed E-state index contributed by atoms with van der Waals surface area (Å²) in [6, 6.07) is 14.1. The lowest BCUT2D eigenvalue weighted by molar-refractivity contribution is -0.122. The lowest BCUT2D eigenvalue weighted by Gasteiger charge is -2.34. The average molecular weight is 417 g/mol. The van der Waals surface area contributed by atoms with Crippen LogP contribution in [0.15, 0.2) is 53.4 Å². The van der Waals surface area contributed by atoms with E-state index in [4.69, 9.17) is 4.74 Å². The zero-order valence-electron chi connectivity index (χ0n) is 16.9. The molecule has 2 aromatic rings. The molecule has 1 heterocycles. The topological polar surface area (TPSA) is 75.7 Å². The lowest BCUT2D eigenvalue weighted by atomic mass is 10.0. The number of nitrogens with zero attached hydrogens (tertiary/aromatic N) is 1. The molecule has 1 aliphatic heterocycles. The van der Waals surface area contributed by atoms with E-state index in [1.807, 2.05) is 31.2 Å². The van der Waals surface area contributed by atoms with Crippen LogP contribution in [0.5, 0.6) is 5.75 Å². The van der Waals surface area contributed by atoms with Crippen molar-refractivity contribution in [2.24, 2.45) is 0 Å². The molecule has 29 heavy (non-hydrogen) atoms. The number of aryl methyl sites for hydroxylation is 1. The summed E-state index contributed by atoms with van der Waals surface area (Å²) in [7, 11) is -2.01. The van der Waals surface area contributed by atoms with Crippen LogP contribution >= 0.6 is 0 Å². The Kier molecular flexibility index (Phi) is 6.92. The third-order valence-corrected chi connectivity index (χ3v) is 7.21. The molecule has 6 nitrogen and oxygen atoms in total. The summed E-state index contributed by atoms with van der Waals surface area (Å²) in [5.74, 6) is 0.586. The Labute approximate surface area is 172 Å². The third kappa shape index (κ3) is 5.36. The summed E-state index contributed by atoms with van der Waals surface area (Å²) in [6.45, 7) is 2.75. The van der Waals surface area contributed by atoms with Gasteiger partial charge in [0.25, 0.3) is 0 Å². The molecular weight excluding hydrogens is 388 g/mol. The smallest absolute Gasteiger partial charge is 0.243 e. The fourth-order valence-electron chi connectivity index (χ4n) is 3.61. The molecule has 0 spiro atoms. The first-order valence-corrected chi connectivity index (χ1v) is 11.3. The van der Waals surface area contributed by atoms with Gasteiger partial charge in [0.05, 0.1) is 12.0 Å². The molecule has 1 amide bonds. The highest BCUT2D eigenvalue weighted by molar-refractivity contribution is 7.89. The summed E-state index contributed by atoms with van der Waals surface area (Å²) in [5, 5.41) is 2.90. The number of benzene rings is 2. The van der Waals surface area contributed by atoms with Gasteiger partial charge < -0.3 is 10.1 Å². The van der Waals surface area contributed by atoms with Crippen LogP contribution in [0.4, 0.5) is 0 Å². The number of amides is 1. The highest BCUT2D eigenvalue weighted by Gasteiger charge is 2.34. The second-order valence-electron chi connectivity index (χ2n) is 7.41. The van der Waals surface area contributed by atoms with Gasteiger partial charge in [0.2, 0.25) is 15.9 Å². The number of rotatable bonds is 7. The maximum absolute atomic E-state index is 13.1. The number of ether oxygens (including phenoxy) is 1. The fraction of sp³-hybridized carbons (Fsp3) is 0.409. The van der Waals surface area contributed by atoms with Crippen molar-refractivity contribution in [1.82, 2.24) is 9.62 Å². The highest BCUT2D eigenvalue weighted by atomic mass is 32.2. The van der Waals surface area contributed by atoms with E-state index in [9.17, 15) is 13.2 Å². The van der Waals surface area contributed by atoms with Gasteiger partial charge in [-0.2, -0.15) is 4.31 Å². The van der Waals surface area contributed by atoms with E-state index in [2.05, 4.69) is 5.32 Å². The lowest BCUT2D eigenvalue weighted by Crippen LogP contribution is -2.45. The Morgan fingerprint density at radius 3 is 2.66 bits per heavy atom. The van der Waals surface area contributed by atoms with E-state index in [-0.39, 0.29) is 23.3 Å². The first-order chi connectivity index (χ1) is 13.9. The molecule has 1 N–H and O–H groups in total. The van der Waals surface area contributed by atoms with E-state index in [0.717, 1.165) is 29.7 Å². The summed E-state index contributed by atoms with van der Waals surface area (Å²) in [5.41, 5.74) is 1.95. The molecule has 7 heteroatoms. The van der Waals surface area contributed by atoms with E-state index in [0.29, 0.717) is 19.5 Å². The number of hydrogen-bond donors (Lipinski definition) is 1. The van der Waals surface area contributed by atoms with Gasteiger partial charge in [-0.1, -0.05) is 36.2 Å². The predicted octanol–water partition coefficient (Wildman–Crippen LogP) is 3.25. The van der Waals surface area contributed by atoms with Gasteiger partial charge in [-0.15, -0.1) is 0 Å². The van der Waals surface area contributed by atoms with Crippen LogP contribution in [0, 0.1) is 6.92 Å². The summed E-state index contributed by atoms with van der Waals surface area (Å²) >= 11 is 0. The van der Waals surface area contributed by atoms with Crippen LogP contribution in [-0.2, 0) is 21.4 Å². The Hall–Kier alpha value is -2.38. The van der Waals surface area contributed by atoms with Gasteiger partial charge in [-0.3, -0.25) is 4.79 Å². The van der Waals surface area contributed by atoms with Gasteiger partial charge >= 0.3 is 0 Å². The predicted molar refractivity (Wildman–Crippen MR) is 112 cm³/mol. The Morgan fingerprint density at radius 1 is 1.17 bits per heavy atom. The summed E-state index contributed by atoms with van der Waals surface area (Å²) in [6.07, 6.45) is 2.59. The number of nitrogens with one attached hydrogen (secondary N) is 1. The molecule has 0 aromatic heterocycles. The second kappa shape index (κ2) is 9.41. The molecular formula is C22H28N2O4S. The molecule has 2 aromatic carbocycles. The average Bonchev–Trinajstić information content (AvgIpc) is 2.73. The second-order valence-corrected chi connectivity index (χ2v) is 9.30.